The number of thioether (sulfide) groups is 1. The van der Waals surface area contributed by atoms with Crippen molar-refractivity contribution in [1.29, 1.82) is 0 Å². The number of nitrogens with zero attached hydrogens (tertiary/aromatic N) is 1. The van der Waals surface area contributed by atoms with Gasteiger partial charge in [-0.15, -0.1) is 0 Å². The molecule has 0 amide bonds. The minimum absolute atomic E-state index is 0.132. The Morgan fingerprint density at radius 2 is 2.00 bits per heavy atom. The lowest BCUT2D eigenvalue weighted by Crippen LogP contribution is -2.47. The van der Waals surface area contributed by atoms with Crippen LogP contribution in [0.3, 0.4) is 0 Å². The normalized spacial score (nSPS) is 21.2. The fraction of sp³-hybridized carbons (Fsp3) is 1.00. The van der Waals surface area contributed by atoms with Crippen LogP contribution >= 0.6 is 11.8 Å². The van der Waals surface area contributed by atoms with E-state index in [0.717, 1.165) is 6.54 Å². The Morgan fingerprint density at radius 3 is 2.54 bits per heavy atom. The monoisotopic (exact) mass is 202 g/mol. The average molecular weight is 202 g/mol. The molecule has 0 atom stereocenters. The van der Waals surface area contributed by atoms with E-state index >= 15 is 0 Å². The number of nitrogens with two attached hydrogens (primary N) is 1. The smallest absolute Gasteiger partial charge is 0.0283 e. The summed E-state index contributed by atoms with van der Waals surface area (Å²) >= 11 is 1.90. The third-order valence-corrected chi connectivity index (χ3v) is 3.45. The van der Waals surface area contributed by atoms with Gasteiger partial charge in [-0.1, -0.05) is 12.8 Å². The summed E-state index contributed by atoms with van der Waals surface area (Å²) in [6.07, 6.45) is 7.24. The Morgan fingerprint density at radius 1 is 1.38 bits per heavy atom. The van der Waals surface area contributed by atoms with Gasteiger partial charge in [0.05, 0.1) is 0 Å². The second-order valence-electron chi connectivity index (χ2n) is 4.30. The Kier molecular flexibility index (Phi) is 4.56. The molecule has 0 aromatic heterocycles. The van der Waals surface area contributed by atoms with Gasteiger partial charge in [0.1, 0.15) is 0 Å². The Bertz CT molecular complexity index is 144. The van der Waals surface area contributed by atoms with Gasteiger partial charge in [-0.3, -0.25) is 0 Å². The molecule has 1 aliphatic rings. The molecule has 0 saturated heterocycles. The zero-order valence-electron chi connectivity index (χ0n) is 8.88. The Hall–Kier alpha value is 0.270. The van der Waals surface area contributed by atoms with Gasteiger partial charge in [0.25, 0.3) is 0 Å². The minimum atomic E-state index is 0.132. The van der Waals surface area contributed by atoms with Crippen LogP contribution in [0.1, 0.15) is 25.7 Å². The highest BCUT2D eigenvalue weighted by Gasteiger charge is 2.29. The third kappa shape index (κ3) is 3.88. The zero-order chi connectivity index (χ0) is 9.73. The first-order valence-electron chi connectivity index (χ1n) is 5.13. The number of rotatable bonds is 5. The van der Waals surface area contributed by atoms with Gasteiger partial charge in [0, 0.05) is 24.4 Å². The molecule has 1 saturated carbocycles. The number of likely N-dealkylation sites (N-methyl/N-ethyl adjacent to an activating group) is 1. The lowest BCUT2D eigenvalue weighted by atomic mass is 9.99. The van der Waals surface area contributed by atoms with Crippen molar-refractivity contribution in [1.82, 2.24) is 4.90 Å². The maximum absolute atomic E-state index is 6.28. The summed E-state index contributed by atoms with van der Waals surface area (Å²) in [6.45, 7) is 2.24. The molecule has 0 heterocycles. The fourth-order valence-electron chi connectivity index (χ4n) is 2.10. The third-order valence-electron chi connectivity index (χ3n) is 2.86. The summed E-state index contributed by atoms with van der Waals surface area (Å²) in [4.78, 5) is 2.38. The highest BCUT2D eigenvalue weighted by molar-refractivity contribution is 7.98. The second kappa shape index (κ2) is 5.23. The first kappa shape index (κ1) is 11.3. The van der Waals surface area contributed by atoms with Crippen LogP contribution in [0.2, 0.25) is 0 Å². The molecule has 0 unspecified atom stereocenters. The van der Waals surface area contributed by atoms with Crippen LogP contribution in [0.25, 0.3) is 0 Å². The van der Waals surface area contributed by atoms with Crippen molar-refractivity contribution in [2.45, 2.75) is 31.2 Å². The van der Waals surface area contributed by atoms with E-state index in [-0.39, 0.29) is 5.54 Å². The lowest BCUT2D eigenvalue weighted by Gasteiger charge is -2.29. The molecular formula is C10H22N2S. The lowest BCUT2D eigenvalue weighted by molar-refractivity contribution is 0.259. The van der Waals surface area contributed by atoms with Gasteiger partial charge >= 0.3 is 0 Å². The zero-order valence-corrected chi connectivity index (χ0v) is 9.70. The summed E-state index contributed by atoms with van der Waals surface area (Å²) in [5.74, 6) is 1.21. The Labute approximate surface area is 86.2 Å². The van der Waals surface area contributed by atoms with Crippen LogP contribution in [0, 0.1) is 0 Å². The molecule has 0 aliphatic heterocycles. The summed E-state index contributed by atoms with van der Waals surface area (Å²) < 4.78 is 0. The van der Waals surface area contributed by atoms with Gasteiger partial charge in [-0.05, 0) is 26.1 Å². The van der Waals surface area contributed by atoms with E-state index in [4.69, 9.17) is 5.73 Å². The van der Waals surface area contributed by atoms with Crippen molar-refractivity contribution < 1.29 is 0 Å². The molecule has 1 fully saturated rings. The SMILES string of the molecule is CSCCN(C)CC1(N)CCCC1. The van der Waals surface area contributed by atoms with Gasteiger partial charge < -0.3 is 10.6 Å². The topological polar surface area (TPSA) is 29.3 Å². The fourth-order valence-corrected chi connectivity index (χ4v) is 2.60. The van der Waals surface area contributed by atoms with Gasteiger partial charge in [0.2, 0.25) is 0 Å². The van der Waals surface area contributed by atoms with Crippen LogP contribution in [0.5, 0.6) is 0 Å². The molecule has 3 heteroatoms. The maximum atomic E-state index is 6.28. The molecule has 78 valence electrons. The van der Waals surface area contributed by atoms with Crippen molar-refractivity contribution in [3.05, 3.63) is 0 Å². The van der Waals surface area contributed by atoms with Crippen LogP contribution in [0.15, 0.2) is 0 Å². The second-order valence-corrected chi connectivity index (χ2v) is 5.29. The summed E-state index contributed by atoms with van der Waals surface area (Å²) in [7, 11) is 2.18. The molecule has 0 spiro atoms. The number of hydrogen-bond donors (Lipinski definition) is 1. The van der Waals surface area contributed by atoms with E-state index in [1.54, 1.807) is 0 Å². The molecular weight excluding hydrogens is 180 g/mol. The molecule has 2 nitrogen and oxygen atoms in total. The van der Waals surface area contributed by atoms with E-state index in [9.17, 15) is 0 Å². The van der Waals surface area contributed by atoms with Crippen LogP contribution in [0.4, 0.5) is 0 Å². The van der Waals surface area contributed by atoms with Crippen molar-refractivity contribution in [2.75, 3.05) is 32.1 Å². The largest absolute Gasteiger partial charge is 0.324 e. The van der Waals surface area contributed by atoms with E-state index in [1.165, 1.54) is 38.0 Å². The quantitative estimate of drug-likeness (QED) is 0.733. The maximum Gasteiger partial charge on any atom is 0.0283 e. The van der Waals surface area contributed by atoms with Crippen LogP contribution < -0.4 is 5.73 Å². The standard InChI is InChI=1S/C10H22N2S/c1-12(7-8-13-2)9-10(11)5-3-4-6-10/h3-9,11H2,1-2H3. The predicted octanol–water partition coefficient (Wildman–Crippen LogP) is 1.55. The molecule has 0 aromatic rings. The predicted molar refractivity (Wildman–Crippen MR) is 61.3 cm³/mol. The van der Waals surface area contributed by atoms with Gasteiger partial charge in [-0.25, -0.2) is 0 Å². The molecule has 2 N–H and O–H groups in total. The number of hydrogen-bond acceptors (Lipinski definition) is 3. The molecule has 0 bridgehead atoms. The average Bonchev–Trinajstić information content (AvgIpc) is 2.48. The van der Waals surface area contributed by atoms with Crippen molar-refractivity contribution in [2.24, 2.45) is 5.73 Å². The van der Waals surface area contributed by atoms with E-state index < -0.39 is 0 Å². The highest BCUT2D eigenvalue weighted by Crippen LogP contribution is 2.27. The van der Waals surface area contributed by atoms with Crippen molar-refractivity contribution >= 4 is 11.8 Å². The Balaban J connectivity index is 2.21. The van der Waals surface area contributed by atoms with Gasteiger partial charge in [-0.2, -0.15) is 11.8 Å². The van der Waals surface area contributed by atoms with E-state index in [1.807, 2.05) is 11.8 Å². The van der Waals surface area contributed by atoms with Crippen molar-refractivity contribution in [3.63, 3.8) is 0 Å². The van der Waals surface area contributed by atoms with Crippen molar-refractivity contribution in [3.8, 4) is 0 Å². The molecule has 1 aliphatic carbocycles. The molecule has 0 radical (unpaired) electrons. The molecule has 0 aromatic carbocycles. The highest BCUT2D eigenvalue weighted by atomic mass is 32.2. The van der Waals surface area contributed by atoms with Gasteiger partial charge in [0.15, 0.2) is 0 Å². The van der Waals surface area contributed by atoms with E-state index in [0.29, 0.717) is 0 Å². The molecule has 1 rings (SSSR count). The van der Waals surface area contributed by atoms with E-state index in [2.05, 4.69) is 18.2 Å². The summed E-state index contributed by atoms with van der Waals surface area (Å²) in [6, 6.07) is 0. The minimum Gasteiger partial charge on any atom is -0.324 e. The first-order valence-corrected chi connectivity index (χ1v) is 6.52. The van der Waals surface area contributed by atoms with Crippen LogP contribution in [-0.2, 0) is 0 Å². The summed E-state index contributed by atoms with van der Waals surface area (Å²) in [5, 5.41) is 0. The molecule has 13 heavy (non-hydrogen) atoms. The van der Waals surface area contributed by atoms with Crippen LogP contribution in [-0.4, -0.2) is 42.6 Å². The summed E-state index contributed by atoms with van der Waals surface area (Å²) in [5.41, 5.74) is 6.42. The first-order chi connectivity index (χ1) is 6.16.